The monoisotopic (exact) mass is 465 g/mol. The molecule has 0 spiro atoms. The molecule has 1 aromatic heterocycles. The molecule has 0 aliphatic heterocycles. The molecule has 1 amide bonds. The number of benzene rings is 1. The van der Waals surface area contributed by atoms with Gasteiger partial charge in [-0.1, -0.05) is 22.9 Å². The number of alkyl halides is 1. The minimum absolute atomic E-state index is 0.170. The average molecular weight is 466 g/mol. The Kier molecular flexibility index (Phi) is 7.84. The highest BCUT2D eigenvalue weighted by Gasteiger charge is 2.24. The summed E-state index contributed by atoms with van der Waals surface area (Å²) in [4.78, 5) is 25.2. The number of anilines is 1. The van der Waals surface area contributed by atoms with Crippen LogP contribution in [-0.2, 0) is 9.53 Å². The number of carbonyl (C=O) groups is 2. The Morgan fingerprint density at radius 1 is 1.24 bits per heavy atom. The van der Waals surface area contributed by atoms with E-state index < -0.39 is 11.7 Å². The molecule has 0 aliphatic rings. The van der Waals surface area contributed by atoms with E-state index in [-0.39, 0.29) is 17.6 Å². The lowest BCUT2D eigenvalue weighted by atomic mass is 10.1. The Hall–Kier alpha value is -2.35. The van der Waals surface area contributed by atoms with Crippen molar-refractivity contribution in [2.24, 2.45) is 5.92 Å². The maximum Gasteiger partial charge on any atom is 0.437 e. The molecule has 158 valence electrons. The van der Waals surface area contributed by atoms with E-state index in [2.05, 4.69) is 26.3 Å². The molecule has 0 radical (unpaired) electrons. The number of ether oxygens (including phenoxy) is 2. The van der Waals surface area contributed by atoms with E-state index in [0.29, 0.717) is 5.69 Å². The van der Waals surface area contributed by atoms with Crippen LogP contribution in [-0.4, -0.2) is 39.8 Å². The van der Waals surface area contributed by atoms with Crippen LogP contribution >= 0.6 is 15.9 Å². The van der Waals surface area contributed by atoms with Gasteiger partial charge in [-0.3, -0.25) is 4.79 Å². The SMILES string of the molecule is COc1ccc(-c2cc(NC(=O)C(C)CCCBr)n(C(=O)OC(C)(C)C)n2)cc1. The average Bonchev–Trinajstić information content (AvgIpc) is 3.08. The molecule has 1 heterocycles. The second kappa shape index (κ2) is 9.91. The number of carbonyl (C=O) groups excluding carboxylic acids is 2. The Morgan fingerprint density at radius 3 is 2.45 bits per heavy atom. The summed E-state index contributed by atoms with van der Waals surface area (Å²) in [5.41, 5.74) is 0.645. The van der Waals surface area contributed by atoms with Crippen molar-refractivity contribution in [3.8, 4) is 17.0 Å². The van der Waals surface area contributed by atoms with Gasteiger partial charge in [0.25, 0.3) is 0 Å². The summed E-state index contributed by atoms with van der Waals surface area (Å²) in [5, 5.41) is 8.03. The predicted octanol–water partition coefficient (Wildman–Crippen LogP) is 5.09. The molecule has 0 saturated carbocycles. The molecule has 1 unspecified atom stereocenters. The standard InChI is InChI=1S/C21H28BrN3O4/c1-14(7-6-12-22)19(26)23-18-13-17(15-8-10-16(28-5)11-9-15)24-25(18)20(27)29-21(2,3)4/h8-11,13-14H,6-7,12H2,1-5H3,(H,23,26). The van der Waals surface area contributed by atoms with Crippen molar-refractivity contribution in [2.75, 3.05) is 17.8 Å². The molecule has 0 aliphatic carbocycles. The topological polar surface area (TPSA) is 82.5 Å². The van der Waals surface area contributed by atoms with Crippen LogP contribution < -0.4 is 10.1 Å². The number of amides is 1. The molecule has 29 heavy (non-hydrogen) atoms. The highest BCUT2D eigenvalue weighted by Crippen LogP contribution is 2.25. The zero-order valence-electron chi connectivity index (χ0n) is 17.5. The molecular formula is C21H28BrN3O4. The van der Waals surface area contributed by atoms with Gasteiger partial charge in [0.15, 0.2) is 0 Å². The second-order valence-corrected chi connectivity index (χ2v) is 8.55. The molecule has 2 rings (SSSR count). The van der Waals surface area contributed by atoms with Crippen LogP contribution in [0.1, 0.15) is 40.5 Å². The van der Waals surface area contributed by atoms with Crippen molar-refractivity contribution < 1.29 is 19.1 Å². The van der Waals surface area contributed by atoms with E-state index in [0.717, 1.165) is 34.2 Å². The zero-order valence-corrected chi connectivity index (χ0v) is 19.1. The van der Waals surface area contributed by atoms with E-state index in [1.165, 1.54) is 0 Å². The molecule has 0 bridgehead atoms. The predicted molar refractivity (Wildman–Crippen MR) is 117 cm³/mol. The lowest BCUT2D eigenvalue weighted by molar-refractivity contribution is -0.119. The minimum atomic E-state index is -0.687. The van der Waals surface area contributed by atoms with Crippen molar-refractivity contribution in [1.82, 2.24) is 9.78 Å². The number of nitrogens with zero attached hydrogens (tertiary/aromatic N) is 2. The second-order valence-electron chi connectivity index (χ2n) is 7.76. The maximum absolute atomic E-state index is 12.7. The van der Waals surface area contributed by atoms with Crippen LogP contribution in [0.15, 0.2) is 30.3 Å². The van der Waals surface area contributed by atoms with E-state index in [1.54, 1.807) is 33.9 Å². The van der Waals surface area contributed by atoms with Crippen molar-refractivity contribution in [3.63, 3.8) is 0 Å². The van der Waals surface area contributed by atoms with Gasteiger partial charge < -0.3 is 14.8 Å². The number of nitrogens with one attached hydrogen (secondary N) is 1. The third-order valence-electron chi connectivity index (χ3n) is 4.13. The summed E-state index contributed by atoms with van der Waals surface area (Å²) in [5.74, 6) is 0.631. The Morgan fingerprint density at radius 2 is 1.90 bits per heavy atom. The van der Waals surface area contributed by atoms with Crippen LogP contribution in [0.5, 0.6) is 5.75 Å². The van der Waals surface area contributed by atoms with Gasteiger partial charge in [0.1, 0.15) is 17.2 Å². The Balaban J connectivity index is 2.34. The van der Waals surface area contributed by atoms with Crippen LogP contribution in [0.3, 0.4) is 0 Å². The molecular weight excluding hydrogens is 438 g/mol. The lowest BCUT2D eigenvalue weighted by Gasteiger charge is -2.20. The van der Waals surface area contributed by atoms with Gasteiger partial charge in [0.2, 0.25) is 5.91 Å². The van der Waals surface area contributed by atoms with Gasteiger partial charge in [-0.25, -0.2) is 4.79 Å². The van der Waals surface area contributed by atoms with Crippen molar-refractivity contribution in [1.29, 1.82) is 0 Å². The summed E-state index contributed by atoms with van der Waals surface area (Å²) in [6, 6.07) is 8.96. The first kappa shape index (κ1) is 22.9. The first-order valence-corrected chi connectivity index (χ1v) is 10.6. The summed E-state index contributed by atoms with van der Waals surface area (Å²) >= 11 is 3.38. The van der Waals surface area contributed by atoms with Crippen molar-refractivity contribution in [2.45, 2.75) is 46.1 Å². The van der Waals surface area contributed by atoms with Gasteiger partial charge in [0.05, 0.1) is 12.8 Å². The molecule has 2 aromatic rings. The minimum Gasteiger partial charge on any atom is -0.497 e. The fraction of sp³-hybridized carbons (Fsp3) is 0.476. The highest BCUT2D eigenvalue weighted by atomic mass is 79.9. The number of halogens is 1. The zero-order chi connectivity index (χ0) is 21.6. The highest BCUT2D eigenvalue weighted by molar-refractivity contribution is 9.09. The quantitative estimate of drug-likeness (QED) is 0.575. The number of methoxy groups -OCH3 is 1. The van der Waals surface area contributed by atoms with Crippen LogP contribution in [0.25, 0.3) is 11.3 Å². The van der Waals surface area contributed by atoms with Gasteiger partial charge >= 0.3 is 6.09 Å². The normalized spacial score (nSPS) is 12.3. The Labute approximate surface area is 179 Å². The first-order chi connectivity index (χ1) is 13.6. The van der Waals surface area contributed by atoms with Crippen LogP contribution in [0.4, 0.5) is 10.6 Å². The summed E-state index contributed by atoms with van der Waals surface area (Å²) in [6.45, 7) is 7.19. The number of hydrogen-bond acceptors (Lipinski definition) is 5. The molecule has 8 heteroatoms. The van der Waals surface area contributed by atoms with E-state index in [4.69, 9.17) is 9.47 Å². The summed E-state index contributed by atoms with van der Waals surface area (Å²) < 4.78 is 11.7. The largest absolute Gasteiger partial charge is 0.497 e. The molecule has 0 saturated heterocycles. The maximum atomic E-state index is 12.7. The number of aromatic nitrogens is 2. The van der Waals surface area contributed by atoms with Gasteiger partial charge in [-0.2, -0.15) is 5.10 Å². The first-order valence-electron chi connectivity index (χ1n) is 9.49. The number of hydrogen-bond donors (Lipinski definition) is 1. The van der Waals surface area contributed by atoms with E-state index in [9.17, 15) is 9.59 Å². The van der Waals surface area contributed by atoms with Crippen molar-refractivity contribution >= 4 is 33.7 Å². The molecule has 7 nitrogen and oxygen atoms in total. The third-order valence-corrected chi connectivity index (χ3v) is 4.69. The van der Waals surface area contributed by atoms with Gasteiger partial charge in [0, 0.05) is 22.9 Å². The molecule has 1 N–H and O–H groups in total. The fourth-order valence-electron chi connectivity index (χ4n) is 2.58. The van der Waals surface area contributed by atoms with E-state index >= 15 is 0 Å². The van der Waals surface area contributed by atoms with E-state index in [1.807, 2.05) is 31.2 Å². The molecule has 1 aromatic carbocycles. The molecule has 0 fully saturated rings. The summed E-state index contributed by atoms with van der Waals surface area (Å²) in [7, 11) is 1.59. The third kappa shape index (κ3) is 6.59. The smallest absolute Gasteiger partial charge is 0.437 e. The molecule has 1 atom stereocenters. The lowest BCUT2D eigenvalue weighted by Crippen LogP contribution is -2.30. The van der Waals surface area contributed by atoms with Crippen LogP contribution in [0.2, 0.25) is 0 Å². The van der Waals surface area contributed by atoms with Gasteiger partial charge in [-0.05, 0) is 57.9 Å². The fourth-order valence-corrected chi connectivity index (χ4v) is 2.90. The number of rotatable bonds is 7. The summed E-state index contributed by atoms with van der Waals surface area (Å²) in [6.07, 6.45) is 0.973. The van der Waals surface area contributed by atoms with Crippen molar-refractivity contribution in [3.05, 3.63) is 30.3 Å². The van der Waals surface area contributed by atoms with Gasteiger partial charge in [-0.15, -0.1) is 4.68 Å². The Bertz CT molecular complexity index is 841. The van der Waals surface area contributed by atoms with Crippen LogP contribution in [0, 0.1) is 5.92 Å².